The van der Waals surface area contributed by atoms with Crippen molar-refractivity contribution in [1.29, 1.82) is 0 Å². The molecule has 2 aliphatic heterocycles. The quantitative estimate of drug-likeness (QED) is 0.264. The van der Waals surface area contributed by atoms with Gasteiger partial charge in [0.25, 0.3) is 0 Å². The van der Waals surface area contributed by atoms with Crippen LogP contribution in [0.3, 0.4) is 0 Å². The Hall–Kier alpha value is -4.82. The summed E-state index contributed by atoms with van der Waals surface area (Å²) in [6, 6.07) is 47.6. The average Bonchev–Trinajstić information content (AvgIpc) is 3.01. The zero-order valence-electron chi connectivity index (χ0n) is 21.0. The van der Waals surface area contributed by atoms with Gasteiger partial charge >= 0.3 is 0 Å². The molecule has 0 aliphatic carbocycles. The number of fused-ring (bicyclic) bond motifs is 3. The normalized spacial score (nSPS) is 17.7. The smallest absolute Gasteiger partial charge is 0.0708 e. The van der Waals surface area contributed by atoms with Crippen LogP contribution < -0.4 is 10.6 Å². The summed E-state index contributed by atoms with van der Waals surface area (Å²) in [5.74, 6) is 0. The molecule has 2 atom stereocenters. The first-order chi connectivity index (χ1) is 18.8. The monoisotopic (exact) mass is 488 g/mol. The maximum atomic E-state index is 3.92. The minimum Gasteiger partial charge on any atom is -0.373 e. The highest BCUT2D eigenvalue weighted by molar-refractivity contribution is 6.01. The summed E-state index contributed by atoms with van der Waals surface area (Å²) < 4.78 is 0. The summed E-state index contributed by atoms with van der Waals surface area (Å²) in [7, 11) is 0. The summed E-state index contributed by atoms with van der Waals surface area (Å²) in [4.78, 5) is 0. The van der Waals surface area contributed by atoms with Crippen molar-refractivity contribution in [3.63, 3.8) is 0 Å². The second-order valence-corrected chi connectivity index (χ2v) is 9.87. The van der Waals surface area contributed by atoms with Crippen LogP contribution in [0.4, 0.5) is 11.4 Å². The highest BCUT2D eigenvalue weighted by Gasteiger charge is 2.29. The molecule has 2 aliphatic rings. The molecule has 182 valence electrons. The van der Waals surface area contributed by atoms with Crippen LogP contribution in [0.15, 0.2) is 146 Å². The van der Waals surface area contributed by atoms with E-state index in [0.29, 0.717) is 0 Å². The maximum Gasteiger partial charge on any atom is 0.0708 e. The van der Waals surface area contributed by atoms with Gasteiger partial charge < -0.3 is 10.6 Å². The zero-order valence-corrected chi connectivity index (χ0v) is 21.0. The van der Waals surface area contributed by atoms with Crippen LogP contribution in [0.5, 0.6) is 0 Å². The van der Waals surface area contributed by atoms with Gasteiger partial charge in [-0.15, -0.1) is 0 Å². The Morgan fingerprint density at radius 3 is 1.08 bits per heavy atom. The SMILES string of the molecule is C1=C(c2ccccc2)c2ccc3c(c2NC1c1ccccc1)NC(c1ccccc1)C=C3c1ccccc1. The highest BCUT2D eigenvalue weighted by Crippen LogP contribution is 2.49. The van der Waals surface area contributed by atoms with Gasteiger partial charge in [-0.25, -0.2) is 0 Å². The lowest BCUT2D eigenvalue weighted by Gasteiger charge is -2.34. The predicted octanol–water partition coefficient (Wildman–Crippen LogP) is 8.88. The first kappa shape index (κ1) is 22.4. The number of rotatable bonds is 4. The first-order valence-corrected chi connectivity index (χ1v) is 13.2. The third-order valence-corrected chi connectivity index (χ3v) is 7.54. The molecule has 2 N–H and O–H groups in total. The van der Waals surface area contributed by atoms with Crippen molar-refractivity contribution in [2.24, 2.45) is 0 Å². The molecule has 7 rings (SSSR count). The van der Waals surface area contributed by atoms with Gasteiger partial charge in [0.05, 0.1) is 23.5 Å². The van der Waals surface area contributed by atoms with E-state index in [9.17, 15) is 0 Å². The first-order valence-electron chi connectivity index (χ1n) is 13.2. The van der Waals surface area contributed by atoms with Crippen molar-refractivity contribution in [2.75, 3.05) is 10.6 Å². The molecule has 0 bridgehead atoms. The molecule has 0 fully saturated rings. The van der Waals surface area contributed by atoms with E-state index in [1.807, 2.05) is 0 Å². The van der Waals surface area contributed by atoms with Gasteiger partial charge in [0.2, 0.25) is 0 Å². The van der Waals surface area contributed by atoms with Crippen LogP contribution >= 0.6 is 0 Å². The lowest BCUT2D eigenvalue weighted by molar-refractivity contribution is 0.948. The topological polar surface area (TPSA) is 24.1 Å². The van der Waals surface area contributed by atoms with Crippen molar-refractivity contribution in [2.45, 2.75) is 12.1 Å². The molecule has 2 heterocycles. The van der Waals surface area contributed by atoms with E-state index in [0.717, 1.165) is 11.4 Å². The molecule has 0 spiro atoms. The Balaban J connectivity index is 1.44. The summed E-state index contributed by atoms with van der Waals surface area (Å²) in [5.41, 5.74) is 12.2. The number of hydrogen-bond acceptors (Lipinski definition) is 2. The summed E-state index contributed by atoms with van der Waals surface area (Å²) in [6.45, 7) is 0. The number of hydrogen-bond donors (Lipinski definition) is 2. The van der Waals surface area contributed by atoms with Crippen LogP contribution in [0, 0.1) is 0 Å². The molecule has 0 saturated heterocycles. The third kappa shape index (κ3) is 4.01. The van der Waals surface area contributed by atoms with E-state index in [-0.39, 0.29) is 12.1 Å². The number of nitrogens with one attached hydrogen (secondary N) is 2. The van der Waals surface area contributed by atoms with Gasteiger partial charge in [-0.3, -0.25) is 0 Å². The van der Waals surface area contributed by atoms with Gasteiger partial charge in [-0.2, -0.15) is 0 Å². The Kier molecular flexibility index (Phi) is 5.64. The summed E-state index contributed by atoms with van der Waals surface area (Å²) in [5, 5.41) is 7.84. The van der Waals surface area contributed by atoms with Gasteiger partial charge in [-0.1, -0.05) is 133 Å². The van der Waals surface area contributed by atoms with Gasteiger partial charge in [0, 0.05) is 11.1 Å². The third-order valence-electron chi connectivity index (χ3n) is 7.54. The molecular weight excluding hydrogens is 460 g/mol. The molecule has 2 heteroatoms. The van der Waals surface area contributed by atoms with Crippen LogP contribution in [-0.4, -0.2) is 0 Å². The lowest BCUT2D eigenvalue weighted by Crippen LogP contribution is -2.21. The Labute approximate surface area is 224 Å². The Bertz CT molecular complexity index is 1510. The largest absolute Gasteiger partial charge is 0.373 e. The summed E-state index contributed by atoms with van der Waals surface area (Å²) >= 11 is 0. The Morgan fingerprint density at radius 2 is 0.711 bits per heavy atom. The molecule has 0 amide bonds. The number of benzene rings is 5. The second-order valence-electron chi connectivity index (χ2n) is 9.87. The molecular formula is C36H28N2. The van der Waals surface area contributed by atoms with E-state index in [2.05, 4.69) is 156 Å². The van der Waals surface area contributed by atoms with Crippen molar-refractivity contribution in [1.82, 2.24) is 0 Å². The minimum atomic E-state index is 0.0634. The zero-order chi connectivity index (χ0) is 25.3. The van der Waals surface area contributed by atoms with E-state index in [1.54, 1.807) is 0 Å². The lowest BCUT2D eigenvalue weighted by atomic mass is 9.83. The van der Waals surface area contributed by atoms with Crippen LogP contribution in [0.25, 0.3) is 11.1 Å². The molecule has 0 aromatic heterocycles. The predicted molar refractivity (Wildman–Crippen MR) is 159 cm³/mol. The fourth-order valence-electron chi connectivity index (χ4n) is 5.68. The van der Waals surface area contributed by atoms with Crippen LogP contribution in [0.2, 0.25) is 0 Å². The highest BCUT2D eigenvalue weighted by atomic mass is 15.0. The molecule has 0 radical (unpaired) electrons. The Morgan fingerprint density at radius 1 is 0.368 bits per heavy atom. The van der Waals surface area contributed by atoms with E-state index in [4.69, 9.17) is 0 Å². The van der Waals surface area contributed by atoms with Gasteiger partial charge in [-0.05, 0) is 45.6 Å². The average molecular weight is 489 g/mol. The van der Waals surface area contributed by atoms with Crippen LogP contribution in [0.1, 0.15) is 45.5 Å². The van der Waals surface area contributed by atoms with Crippen molar-refractivity contribution >= 4 is 22.5 Å². The standard InChI is InChI=1S/C36H28N2/c1-5-13-25(14-6-1)31-23-33(27-17-9-3-10-18-27)37-35-29(31)21-22-30-32(26-15-7-2-8-16-26)24-34(38-36(30)35)28-19-11-4-12-20-28/h1-24,33-34,37-38H. The fourth-order valence-corrected chi connectivity index (χ4v) is 5.68. The molecule has 38 heavy (non-hydrogen) atoms. The molecule has 5 aromatic rings. The van der Waals surface area contributed by atoms with Crippen LogP contribution in [-0.2, 0) is 0 Å². The minimum absolute atomic E-state index is 0.0634. The molecule has 2 unspecified atom stereocenters. The van der Waals surface area contributed by atoms with Crippen molar-refractivity contribution in [3.8, 4) is 0 Å². The van der Waals surface area contributed by atoms with E-state index >= 15 is 0 Å². The number of anilines is 2. The van der Waals surface area contributed by atoms with E-state index in [1.165, 1.54) is 44.5 Å². The molecule has 0 saturated carbocycles. The molecule has 5 aromatic carbocycles. The van der Waals surface area contributed by atoms with Crippen molar-refractivity contribution in [3.05, 3.63) is 179 Å². The van der Waals surface area contributed by atoms with E-state index < -0.39 is 0 Å². The maximum absolute atomic E-state index is 3.92. The van der Waals surface area contributed by atoms with Crippen molar-refractivity contribution < 1.29 is 0 Å². The summed E-state index contributed by atoms with van der Waals surface area (Å²) in [6.07, 6.45) is 4.73. The van der Waals surface area contributed by atoms with Gasteiger partial charge in [0.1, 0.15) is 0 Å². The fraction of sp³-hybridized carbons (Fsp3) is 0.0556. The second kappa shape index (κ2) is 9.57. The van der Waals surface area contributed by atoms with Gasteiger partial charge in [0.15, 0.2) is 0 Å². The molecule has 2 nitrogen and oxygen atoms in total.